The van der Waals surface area contributed by atoms with E-state index < -0.39 is 0 Å². The third kappa shape index (κ3) is 2.08. The van der Waals surface area contributed by atoms with Crippen LogP contribution in [0.2, 0.25) is 0 Å². The van der Waals surface area contributed by atoms with Gasteiger partial charge in [0.05, 0.1) is 0 Å². The highest BCUT2D eigenvalue weighted by Crippen LogP contribution is 2.17. The van der Waals surface area contributed by atoms with E-state index >= 15 is 0 Å². The van der Waals surface area contributed by atoms with Crippen molar-refractivity contribution in [2.75, 3.05) is 11.9 Å². The van der Waals surface area contributed by atoms with E-state index in [9.17, 15) is 0 Å². The molecule has 1 aliphatic heterocycles. The molecule has 0 spiro atoms. The summed E-state index contributed by atoms with van der Waals surface area (Å²) < 4.78 is 0. The molecule has 13 heavy (non-hydrogen) atoms. The highest BCUT2D eigenvalue weighted by Gasteiger charge is 2.10. The zero-order valence-electron chi connectivity index (χ0n) is 7.16. The van der Waals surface area contributed by atoms with Crippen LogP contribution in [0, 0.1) is 0 Å². The number of halogens is 1. The quantitative estimate of drug-likeness (QED) is 0.704. The Hall–Kier alpha value is -0.870. The predicted octanol–water partition coefficient (Wildman–Crippen LogP) is 0.749. The summed E-state index contributed by atoms with van der Waals surface area (Å²) in [5, 5.41) is 12.0. The minimum absolute atomic E-state index is 0. The Bertz CT molecular complexity index is 293. The normalized spacial score (nSPS) is 13.9. The molecule has 0 bridgehead atoms. The average molecular weight is 202 g/mol. The highest BCUT2D eigenvalue weighted by molar-refractivity contribution is 5.85. The zero-order valence-corrected chi connectivity index (χ0v) is 7.97. The molecule has 2 heterocycles. The number of hydrogen-bond donors (Lipinski definition) is 2. The van der Waals surface area contributed by atoms with Crippen molar-refractivity contribution in [3.8, 4) is 0 Å². The monoisotopic (exact) mass is 201 g/mol. The fourth-order valence-corrected chi connectivity index (χ4v) is 1.34. The van der Waals surface area contributed by atoms with Crippen LogP contribution in [0.15, 0.2) is 6.20 Å². The number of fused-ring (bicyclic) bond motifs is 1. The van der Waals surface area contributed by atoms with Gasteiger partial charge in [-0.3, -0.25) is 0 Å². The topological polar surface area (TPSA) is 58.0 Å². The molecule has 0 aromatic carbocycles. The van der Waals surface area contributed by atoms with Crippen LogP contribution >= 0.6 is 12.4 Å². The van der Waals surface area contributed by atoms with E-state index in [0.717, 1.165) is 30.8 Å². The van der Waals surface area contributed by atoms with Gasteiger partial charge in [-0.1, -0.05) is 0 Å². The summed E-state index contributed by atoms with van der Waals surface area (Å²) in [6.07, 6.45) is 3.96. The number of anilines is 1. The number of aliphatic hydroxyl groups excluding tert-OH is 1. The van der Waals surface area contributed by atoms with Crippen LogP contribution in [0.3, 0.4) is 0 Å². The SMILES string of the molecule is Cl.OCc1ncc2c(n1)NCCC2. The molecular weight excluding hydrogens is 190 g/mol. The first kappa shape index (κ1) is 10.2. The third-order valence-electron chi connectivity index (χ3n) is 1.97. The summed E-state index contributed by atoms with van der Waals surface area (Å²) in [7, 11) is 0. The predicted molar refractivity (Wildman–Crippen MR) is 52.0 cm³/mol. The molecule has 0 unspecified atom stereocenters. The lowest BCUT2D eigenvalue weighted by molar-refractivity contribution is 0.271. The smallest absolute Gasteiger partial charge is 0.156 e. The van der Waals surface area contributed by atoms with Crippen LogP contribution in [0.1, 0.15) is 17.8 Å². The second-order valence-corrected chi connectivity index (χ2v) is 2.85. The first-order valence-electron chi connectivity index (χ1n) is 4.09. The van der Waals surface area contributed by atoms with E-state index in [1.807, 2.05) is 0 Å². The summed E-state index contributed by atoms with van der Waals surface area (Å²) in [5.41, 5.74) is 1.15. The van der Waals surface area contributed by atoms with Crippen molar-refractivity contribution in [1.82, 2.24) is 9.97 Å². The van der Waals surface area contributed by atoms with Gasteiger partial charge in [0.25, 0.3) is 0 Å². The van der Waals surface area contributed by atoms with Crippen LogP contribution < -0.4 is 5.32 Å². The largest absolute Gasteiger partial charge is 0.388 e. The molecule has 0 aliphatic carbocycles. The standard InChI is InChI=1S/C8H11N3O.ClH/c12-5-7-10-4-6-2-1-3-9-8(6)11-7;/h4,12H,1-3,5H2,(H,9,10,11);1H. The van der Waals surface area contributed by atoms with Gasteiger partial charge in [0, 0.05) is 18.3 Å². The lowest BCUT2D eigenvalue weighted by Crippen LogP contribution is -2.14. The van der Waals surface area contributed by atoms with Gasteiger partial charge in [-0.05, 0) is 12.8 Å². The van der Waals surface area contributed by atoms with E-state index in [4.69, 9.17) is 5.11 Å². The maximum atomic E-state index is 8.79. The van der Waals surface area contributed by atoms with Crippen molar-refractivity contribution in [3.05, 3.63) is 17.6 Å². The summed E-state index contributed by atoms with van der Waals surface area (Å²) in [4.78, 5) is 8.17. The van der Waals surface area contributed by atoms with Crippen LogP contribution in [-0.2, 0) is 13.0 Å². The van der Waals surface area contributed by atoms with E-state index in [1.54, 1.807) is 6.20 Å². The van der Waals surface area contributed by atoms with Crippen LogP contribution in [-0.4, -0.2) is 21.6 Å². The third-order valence-corrected chi connectivity index (χ3v) is 1.97. The van der Waals surface area contributed by atoms with Crippen molar-refractivity contribution in [1.29, 1.82) is 0 Å². The van der Waals surface area contributed by atoms with Gasteiger partial charge in [-0.15, -0.1) is 12.4 Å². The highest BCUT2D eigenvalue weighted by atomic mass is 35.5. The molecule has 1 aromatic heterocycles. The van der Waals surface area contributed by atoms with Crippen LogP contribution in [0.25, 0.3) is 0 Å². The molecule has 0 fully saturated rings. The molecular formula is C8H12ClN3O. The lowest BCUT2D eigenvalue weighted by atomic mass is 10.1. The van der Waals surface area contributed by atoms with Crippen molar-refractivity contribution in [2.45, 2.75) is 19.4 Å². The van der Waals surface area contributed by atoms with E-state index in [1.165, 1.54) is 0 Å². The molecule has 2 rings (SSSR count). The Morgan fingerprint density at radius 3 is 3.15 bits per heavy atom. The molecule has 5 heteroatoms. The van der Waals surface area contributed by atoms with Gasteiger partial charge in [0.15, 0.2) is 5.82 Å². The molecule has 2 N–H and O–H groups in total. The van der Waals surface area contributed by atoms with Crippen molar-refractivity contribution >= 4 is 18.2 Å². The molecule has 0 amide bonds. The number of hydrogen-bond acceptors (Lipinski definition) is 4. The Morgan fingerprint density at radius 1 is 1.54 bits per heavy atom. The maximum absolute atomic E-state index is 8.79. The second kappa shape index (κ2) is 4.39. The van der Waals surface area contributed by atoms with Gasteiger partial charge < -0.3 is 10.4 Å². The van der Waals surface area contributed by atoms with Crippen LogP contribution in [0.4, 0.5) is 5.82 Å². The Morgan fingerprint density at radius 2 is 2.38 bits per heavy atom. The van der Waals surface area contributed by atoms with Crippen LogP contribution in [0.5, 0.6) is 0 Å². The number of nitrogens with zero attached hydrogens (tertiary/aromatic N) is 2. The first-order chi connectivity index (χ1) is 5.90. The summed E-state index contributed by atoms with van der Waals surface area (Å²) in [5.74, 6) is 1.38. The van der Waals surface area contributed by atoms with Gasteiger partial charge in [0.1, 0.15) is 12.4 Å². The Kier molecular flexibility index (Phi) is 3.45. The Balaban J connectivity index is 0.000000845. The fourth-order valence-electron chi connectivity index (χ4n) is 1.34. The Labute approximate surface area is 82.8 Å². The fraction of sp³-hybridized carbons (Fsp3) is 0.500. The van der Waals surface area contributed by atoms with Gasteiger partial charge in [0.2, 0.25) is 0 Å². The summed E-state index contributed by atoms with van der Waals surface area (Å²) in [6.45, 7) is 0.879. The number of aromatic nitrogens is 2. The summed E-state index contributed by atoms with van der Waals surface area (Å²) in [6, 6.07) is 0. The lowest BCUT2D eigenvalue weighted by Gasteiger charge is -2.16. The second-order valence-electron chi connectivity index (χ2n) is 2.85. The minimum atomic E-state index is -0.0883. The van der Waals surface area contributed by atoms with Gasteiger partial charge in [-0.25, -0.2) is 9.97 Å². The molecule has 1 aliphatic rings. The van der Waals surface area contributed by atoms with Gasteiger partial charge >= 0.3 is 0 Å². The van der Waals surface area contributed by atoms with Gasteiger partial charge in [-0.2, -0.15) is 0 Å². The number of rotatable bonds is 1. The van der Waals surface area contributed by atoms with E-state index in [2.05, 4.69) is 15.3 Å². The maximum Gasteiger partial charge on any atom is 0.156 e. The first-order valence-corrected chi connectivity index (χ1v) is 4.09. The average Bonchev–Trinajstić information content (AvgIpc) is 2.17. The number of aryl methyl sites for hydroxylation is 1. The minimum Gasteiger partial charge on any atom is -0.388 e. The molecule has 72 valence electrons. The molecule has 0 saturated carbocycles. The van der Waals surface area contributed by atoms with E-state index in [0.29, 0.717) is 5.82 Å². The van der Waals surface area contributed by atoms with Crippen molar-refractivity contribution < 1.29 is 5.11 Å². The summed E-state index contributed by atoms with van der Waals surface area (Å²) >= 11 is 0. The number of aliphatic hydroxyl groups is 1. The van der Waals surface area contributed by atoms with Crippen molar-refractivity contribution in [3.63, 3.8) is 0 Å². The zero-order chi connectivity index (χ0) is 8.39. The molecule has 0 saturated heterocycles. The number of nitrogens with one attached hydrogen (secondary N) is 1. The molecule has 0 atom stereocenters. The van der Waals surface area contributed by atoms with Crippen molar-refractivity contribution in [2.24, 2.45) is 0 Å². The molecule has 1 aromatic rings. The molecule has 0 radical (unpaired) electrons. The molecule has 4 nitrogen and oxygen atoms in total. The van der Waals surface area contributed by atoms with E-state index in [-0.39, 0.29) is 19.0 Å².